The van der Waals surface area contributed by atoms with Gasteiger partial charge in [0, 0.05) is 13.1 Å². The number of ether oxygens (including phenoxy) is 1. The molecule has 1 aromatic rings. The molecule has 2 rings (SSSR count). The maximum atomic E-state index is 5.45. The van der Waals surface area contributed by atoms with E-state index in [0.29, 0.717) is 0 Å². The third-order valence-electron chi connectivity index (χ3n) is 3.70. The van der Waals surface area contributed by atoms with Crippen molar-refractivity contribution < 1.29 is 4.74 Å². The maximum Gasteiger partial charge on any atom is 0.142 e. The summed E-state index contributed by atoms with van der Waals surface area (Å²) in [5.41, 5.74) is 1.23. The fraction of sp³-hybridized carbons (Fsp3) is 0.625. The average molecular weight is 262 g/mol. The van der Waals surface area contributed by atoms with Crippen molar-refractivity contribution in [2.75, 3.05) is 38.2 Å². The number of para-hydroxylation sites is 2. The molecule has 3 nitrogen and oxygen atoms in total. The van der Waals surface area contributed by atoms with Crippen molar-refractivity contribution in [3.05, 3.63) is 24.3 Å². The van der Waals surface area contributed by atoms with Crippen LogP contribution in [0, 0.1) is 11.8 Å². The highest BCUT2D eigenvalue weighted by molar-refractivity contribution is 5.58. The molecule has 1 heterocycles. The van der Waals surface area contributed by atoms with E-state index in [4.69, 9.17) is 4.74 Å². The minimum atomic E-state index is 0.728. The minimum Gasteiger partial charge on any atom is -0.495 e. The van der Waals surface area contributed by atoms with E-state index in [1.54, 1.807) is 7.11 Å². The van der Waals surface area contributed by atoms with E-state index in [2.05, 4.69) is 36.2 Å². The van der Waals surface area contributed by atoms with Gasteiger partial charge in [-0.25, -0.2) is 0 Å². The largest absolute Gasteiger partial charge is 0.495 e. The van der Waals surface area contributed by atoms with Gasteiger partial charge in [-0.1, -0.05) is 26.0 Å². The number of nitrogens with one attached hydrogen (secondary N) is 1. The van der Waals surface area contributed by atoms with Crippen LogP contribution in [0.5, 0.6) is 5.75 Å². The SMILES string of the molecule is COc1ccccc1N1CCC(CNCC(C)C)C1. The van der Waals surface area contributed by atoms with Gasteiger partial charge in [-0.3, -0.25) is 0 Å². The molecule has 0 bridgehead atoms. The van der Waals surface area contributed by atoms with Crippen molar-refractivity contribution in [3.63, 3.8) is 0 Å². The molecule has 3 heteroatoms. The normalized spacial score (nSPS) is 19.2. The Morgan fingerprint density at radius 3 is 2.89 bits per heavy atom. The number of hydrogen-bond acceptors (Lipinski definition) is 3. The summed E-state index contributed by atoms with van der Waals surface area (Å²) in [7, 11) is 1.75. The van der Waals surface area contributed by atoms with Crippen LogP contribution in [0.1, 0.15) is 20.3 Å². The van der Waals surface area contributed by atoms with Gasteiger partial charge in [0.05, 0.1) is 12.8 Å². The summed E-state index contributed by atoms with van der Waals surface area (Å²) in [5.74, 6) is 2.47. The van der Waals surface area contributed by atoms with E-state index in [1.807, 2.05) is 12.1 Å². The first-order valence-electron chi connectivity index (χ1n) is 7.29. The number of nitrogens with zero attached hydrogens (tertiary/aromatic N) is 1. The molecule has 1 N–H and O–H groups in total. The molecule has 1 aliphatic heterocycles. The van der Waals surface area contributed by atoms with Crippen molar-refractivity contribution in [2.24, 2.45) is 11.8 Å². The molecular formula is C16H26N2O. The number of hydrogen-bond donors (Lipinski definition) is 1. The monoisotopic (exact) mass is 262 g/mol. The third kappa shape index (κ3) is 3.87. The molecule has 1 saturated heterocycles. The summed E-state index contributed by atoms with van der Waals surface area (Å²) >= 11 is 0. The molecular weight excluding hydrogens is 236 g/mol. The number of anilines is 1. The zero-order valence-electron chi connectivity index (χ0n) is 12.4. The first-order chi connectivity index (χ1) is 9.20. The Hall–Kier alpha value is -1.22. The number of benzene rings is 1. The van der Waals surface area contributed by atoms with Gasteiger partial charge in [0.25, 0.3) is 0 Å². The van der Waals surface area contributed by atoms with Crippen LogP contribution >= 0.6 is 0 Å². The zero-order chi connectivity index (χ0) is 13.7. The Morgan fingerprint density at radius 1 is 1.37 bits per heavy atom. The number of methoxy groups -OCH3 is 1. The van der Waals surface area contributed by atoms with Crippen molar-refractivity contribution in [3.8, 4) is 5.75 Å². The first-order valence-corrected chi connectivity index (χ1v) is 7.29. The van der Waals surface area contributed by atoms with Crippen LogP contribution in [0.4, 0.5) is 5.69 Å². The average Bonchev–Trinajstić information content (AvgIpc) is 2.87. The second kappa shape index (κ2) is 6.80. The van der Waals surface area contributed by atoms with Crippen LogP contribution in [0.3, 0.4) is 0 Å². The highest BCUT2D eigenvalue weighted by atomic mass is 16.5. The van der Waals surface area contributed by atoms with Gasteiger partial charge in [-0.2, -0.15) is 0 Å². The molecule has 0 amide bonds. The summed E-state index contributed by atoms with van der Waals surface area (Å²) < 4.78 is 5.45. The molecule has 0 aromatic heterocycles. The van der Waals surface area contributed by atoms with Crippen molar-refractivity contribution in [2.45, 2.75) is 20.3 Å². The van der Waals surface area contributed by atoms with E-state index in [-0.39, 0.29) is 0 Å². The standard InChI is InChI=1S/C16H26N2O/c1-13(2)10-17-11-14-8-9-18(12-14)15-6-4-5-7-16(15)19-3/h4-7,13-14,17H,8-12H2,1-3H3. The van der Waals surface area contributed by atoms with Crippen molar-refractivity contribution >= 4 is 5.69 Å². The summed E-state index contributed by atoms with van der Waals surface area (Å²) in [4.78, 5) is 2.44. The van der Waals surface area contributed by atoms with Gasteiger partial charge in [0.2, 0.25) is 0 Å². The lowest BCUT2D eigenvalue weighted by atomic mass is 10.1. The first kappa shape index (κ1) is 14.2. The summed E-state index contributed by atoms with van der Waals surface area (Å²) in [5, 5.41) is 3.57. The van der Waals surface area contributed by atoms with E-state index in [1.165, 1.54) is 12.1 Å². The molecule has 0 aliphatic carbocycles. The highest BCUT2D eigenvalue weighted by Crippen LogP contribution is 2.31. The van der Waals surface area contributed by atoms with E-state index in [0.717, 1.165) is 43.8 Å². The lowest BCUT2D eigenvalue weighted by molar-refractivity contribution is 0.414. The predicted octanol–water partition coefficient (Wildman–Crippen LogP) is 2.77. The fourth-order valence-electron chi connectivity index (χ4n) is 2.69. The van der Waals surface area contributed by atoms with Gasteiger partial charge < -0.3 is 15.0 Å². The number of rotatable bonds is 6. The van der Waals surface area contributed by atoms with Crippen LogP contribution in [0.15, 0.2) is 24.3 Å². The summed E-state index contributed by atoms with van der Waals surface area (Å²) in [6.45, 7) is 9.01. The minimum absolute atomic E-state index is 0.728. The maximum absolute atomic E-state index is 5.45. The molecule has 1 fully saturated rings. The van der Waals surface area contributed by atoms with Crippen LogP contribution in [-0.2, 0) is 0 Å². The molecule has 0 saturated carbocycles. The topological polar surface area (TPSA) is 24.5 Å². The second-order valence-electron chi connectivity index (χ2n) is 5.82. The van der Waals surface area contributed by atoms with Gasteiger partial charge in [0.1, 0.15) is 5.75 Å². The second-order valence-corrected chi connectivity index (χ2v) is 5.82. The van der Waals surface area contributed by atoms with Gasteiger partial charge in [-0.05, 0) is 43.5 Å². The highest BCUT2D eigenvalue weighted by Gasteiger charge is 2.24. The van der Waals surface area contributed by atoms with Gasteiger partial charge in [-0.15, -0.1) is 0 Å². The van der Waals surface area contributed by atoms with Gasteiger partial charge >= 0.3 is 0 Å². The van der Waals surface area contributed by atoms with E-state index >= 15 is 0 Å². The Balaban J connectivity index is 1.87. The Kier molecular flexibility index (Phi) is 5.08. The molecule has 1 atom stereocenters. The van der Waals surface area contributed by atoms with Crippen LogP contribution in [-0.4, -0.2) is 33.3 Å². The van der Waals surface area contributed by atoms with Gasteiger partial charge in [0.15, 0.2) is 0 Å². The molecule has 1 unspecified atom stereocenters. The predicted molar refractivity (Wildman–Crippen MR) is 81.0 cm³/mol. The van der Waals surface area contributed by atoms with Crippen LogP contribution in [0.25, 0.3) is 0 Å². The molecule has 1 aliphatic rings. The Labute approximate surface area is 116 Å². The summed E-state index contributed by atoms with van der Waals surface area (Å²) in [6.07, 6.45) is 1.27. The molecule has 106 valence electrons. The zero-order valence-corrected chi connectivity index (χ0v) is 12.4. The molecule has 19 heavy (non-hydrogen) atoms. The van der Waals surface area contributed by atoms with Crippen LogP contribution < -0.4 is 15.0 Å². The lowest BCUT2D eigenvalue weighted by Crippen LogP contribution is -2.28. The van der Waals surface area contributed by atoms with Crippen molar-refractivity contribution in [1.82, 2.24) is 5.32 Å². The molecule has 0 radical (unpaired) electrons. The van der Waals surface area contributed by atoms with E-state index in [9.17, 15) is 0 Å². The Bertz CT molecular complexity index is 392. The Morgan fingerprint density at radius 2 is 2.16 bits per heavy atom. The van der Waals surface area contributed by atoms with E-state index < -0.39 is 0 Å². The third-order valence-corrected chi connectivity index (χ3v) is 3.70. The fourth-order valence-corrected chi connectivity index (χ4v) is 2.69. The van der Waals surface area contributed by atoms with Crippen molar-refractivity contribution in [1.29, 1.82) is 0 Å². The van der Waals surface area contributed by atoms with Crippen LogP contribution in [0.2, 0.25) is 0 Å². The quantitative estimate of drug-likeness (QED) is 0.853. The molecule has 1 aromatic carbocycles. The summed E-state index contributed by atoms with van der Waals surface area (Å²) in [6, 6.07) is 8.31. The molecule has 0 spiro atoms. The lowest BCUT2D eigenvalue weighted by Gasteiger charge is -2.21. The smallest absolute Gasteiger partial charge is 0.142 e.